The van der Waals surface area contributed by atoms with Crippen LogP contribution in [0.3, 0.4) is 0 Å². The molecule has 4 heteroatoms. The van der Waals surface area contributed by atoms with E-state index in [1.54, 1.807) is 11.3 Å². The van der Waals surface area contributed by atoms with Crippen LogP contribution in [0.5, 0.6) is 0 Å². The van der Waals surface area contributed by atoms with E-state index in [1.165, 1.54) is 5.56 Å². The minimum absolute atomic E-state index is 0.0381. The highest BCUT2D eigenvalue weighted by atomic mass is 32.1. The fraction of sp³-hybridized carbons (Fsp3) is 0.353. The van der Waals surface area contributed by atoms with E-state index < -0.39 is 0 Å². The van der Waals surface area contributed by atoms with E-state index in [0.717, 1.165) is 18.5 Å². The van der Waals surface area contributed by atoms with Gasteiger partial charge >= 0.3 is 0 Å². The number of likely N-dealkylation sites (N-methyl/N-ethyl adjacent to an activating group) is 1. The smallest absolute Gasteiger partial charge is 0.220 e. The fourth-order valence-electron chi connectivity index (χ4n) is 2.24. The lowest BCUT2D eigenvalue weighted by Crippen LogP contribution is -2.35. The summed E-state index contributed by atoms with van der Waals surface area (Å²) >= 11 is 1.67. The first-order valence-corrected chi connectivity index (χ1v) is 8.09. The molecule has 0 fully saturated rings. The van der Waals surface area contributed by atoms with E-state index in [0.29, 0.717) is 6.42 Å². The Bertz CT molecular complexity index is 537. The summed E-state index contributed by atoms with van der Waals surface area (Å²) in [5, 5.41) is 7.30. The number of rotatable bonds is 7. The van der Waals surface area contributed by atoms with Crippen LogP contribution >= 0.6 is 11.3 Å². The molecule has 1 amide bonds. The van der Waals surface area contributed by atoms with Crippen molar-refractivity contribution in [2.24, 2.45) is 0 Å². The largest absolute Gasteiger partial charge is 0.348 e. The minimum atomic E-state index is 0.0381. The zero-order chi connectivity index (χ0) is 15.1. The monoisotopic (exact) mass is 302 g/mol. The quantitative estimate of drug-likeness (QED) is 0.852. The summed E-state index contributed by atoms with van der Waals surface area (Å²) in [5.41, 5.74) is 2.38. The number of hydrogen-bond acceptors (Lipinski definition) is 3. The summed E-state index contributed by atoms with van der Waals surface area (Å²) < 4.78 is 0. The van der Waals surface area contributed by atoms with Crippen LogP contribution in [-0.4, -0.2) is 31.4 Å². The number of carbonyl (C=O) groups is 1. The Morgan fingerprint density at radius 1 is 1.24 bits per heavy atom. The Labute approximate surface area is 130 Å². The molecule has 3 nitrogen and oxygen atoms in total. The van der Waals surface area contributed by atoms with Crippen LogP contribution in [0.1, 0.15) is 23.6 Å². The topological polar surface area (TPSA) is 32.3 Å². The van der Waals surface area contributed by atoms with E-state index in [-0.39, 0.29) is 11.9 Å². The van der Waals surface area contributed by atoms with Crippen LogP contribution in [0.4, 0.5) is 0 Å². The molecule has 0 aliphatic heterocycles. The van der Waals surface area contributed by atoms with Crippen molar-refractivity contribution in [3.8, 4) is 0 Å². The molecule has 2 aromatic rings. The molecular formula is C17H22N2OS. The number of thiophene rings is 1. The molecule has 112 valence electrons. The summed E-state index contributed by atoms with van der Waals surface area (Å²) in [6.45, 7) is 0.800. The van der Waals surface area contributed by atoms with Crippen molar-refractivity contribution in [3.63, 3.8) is 0 Å². The van der Waals surface area contributed by atoms with Gasteiger partial charge in [-0.2, -0.15) is 11.3 Å². The molecule has 0 saturated heterocycles. The van der Waals surface area contributed by atoms with Crippen molar-refractivity contribution in [2.75, 3.05) is 20.6 Å². The molecule has 21 heavy (non-hydrogen) atoms. The van der Waals surface area contributed by atoms with Gasteiger partial charge in [-0.15, -0.1) is 0 Å². The third-order valence-corrected chi connectivity index (χ3v) is 4.04. The van der Waals surface area contributed by atoms with Crippen LogP contribution in [0.15, 0.2) is 47.2 Å². The van der Waals surface area contributed by atoms with Crippen LogP contribution < -0.4 is 5.32 Å². The normalized spacial score (nSPS) is 12.3. The van der Waals surface area contributed by atoms with E-state index in [9.17, 15) is 4.79 Å². The van der Waals surface area contributed by atoms with Crippen molar-refractivity contribution in [1.82, 2.24) is 10.2 Å². The van der Waals surface area contributed by atoms with Crippen molar-refractivity contribution in [1.29, 1.82) is 0 Å². The number of nitrogens with one attached hydrogen (secondary N) is 1. The molecule has 0 aliphatic rings. The van der Waals surface area contributed by atoms with Gasteiger partial charge < -0.3 is 10.2 Å². The molecule has 2 rings (SSSR count). The lowest BCUT2D eigenvalue weighted by molar-refractivity contribution is -0.121. The Morgan fingerprint density at radius 3 is 2.62 bits per heavy atom. The van der Waals surface area contributed by atoms with Crippen molar-refractivity contribution < 1.29 is 4.79 Å². The minimum Gasteiger partial charge on any atom is -0.348 e. The van der Waals surface area contributed by atoms with Gasteiger partial charge in [0.05, 0.1) is 6.04 Å². The van der Waals surface area contributed by atoms with Gasteiger partial charge in [0.15, 0.2) is 0 Å². The van der Waals surface area contributed by atoms with Crippen LogP contribution in [0.2, 0.25) is 0 Å². The van der Waals surface area contributed by atoms with E-state index in [1.807, 2.05) is 37.7 Å². The zero-order valence-electron chi connectivity index (χ0n) is 12.6. The average Bonchev–Trinajstić information content (AvgIpc) is 2.98. The first kappa shape index (κ1) is 15.7. The Hall–Kier alpha value is -1.65. The number of benzene rings is 1. The molecule has 0 aliphatic carbocycles. The van der Waals surface area contributed by atoms with Crippen LogP contribution in [0, 0.1) is 0 Å². The van der Waals surface area contributed by atoms with Gasteiger partial charge in [-0.1, -0.05) is 30.3 Å². The van der Waals surface area contributed by atoms with Gasteiger partial charge in [-0.3, -0.25) is 4.79 Å². The Morgan fingerprint density at radius 2 is 2.00 bits per heavy atom. The molecular weight excluding hydrogens is 280 g/mol. The van der Waals surface area contributed by atoms with Gasteiger partial charge in [0.1, 0.15) is 0 Å². The maximum absolute atomic E-state index is 12.2. The zero-order valence-corrected chi connectivity index (χ0v) is 13.4. The van der Waals surface area contributed by atoms with Crippen molar-refractivity contribution >= 4 is 17.2 Å². The third-order valence-electron chi connectivity index (χ3n) is 3.31. The van der Waals surface area contributed by atoms with E-state index in [2.05, 4.69) is 33.8 Å². The van der Waals surface area contributed by atoms with Gasteiger partial charge in [-0.05, 0) is 48.5 Å². The van der Waals surface area contributed by atoms with E-state index >= 15 is 0 Å². The average molecular weight is 302 g/mol. The summed E-state index contributed by atoms with van der Waals surface area (Å²) in [5.74, 6) is 0.108. The summed E-state index contributed by atoms with van der Waals surface area (Å²) in [6, 6.07) is 12.3. The molecule has 1 aromatic carbocycles. The second kappa shape index (κ2) is 7.96. The first-order valence-electron chi connectivity index (χ1n) is 7.15. The molecule has 0 bridgehead atoms. The van der Waals surface area contributed by atoms with Gasteiger partial charge in [-0.25, -0.2) is 0 Å². The summed E-state index contributed by atoms with van der Waals surface area (Å²) in [7, 11) is 4.04. The molecule has 0 spiro atoms. The highest BCUT2D eigenvalue weighted by Gasteiger charge is 2.15. The van der Waals surface area contributed by atoms with Crippen molar-refractivity contribution in [3.05, 3.63) is 58.3 Å². The lowest BCUT2D eigenvalue weighted by Gasteiger charge is -2.23. The second-order valence-electron chi connectivity index (χ2n) is 5.42. The summed E-state index contributed by atoms with van der Waals surface area (Å²) in [6.07, 6.45) is 1.34. The number of hydrogen-bond donors (Lipinski definition) is 1. The standard InChI is InChI=1S/C17H22N2OS/c1-19(2)12-16(15-6-4-3-5-7-15)18-17(20)9-8-14-10-11-21-13-14/h3-7,10-11,13,16H,8-9,12H2,1-2H3,(H,18,20). The predicted octanol–water partition coefficient (Wildman–Crippen LogP) is 3.10. The molecule has 1 atom stereocenters. The fourth-order valence-corrected chi connectivity index (χ4v) is 2.95. The molecule has 1 N–H and O–H groups in total. The Balaban J connectivity index is 1.93. The van der Waals surface area contributed by atoms with Crippen molar-refractivity contribution in [2.45, 2.75) is 18.9 Å². The van der Waals surface area contributed by atoms with Gasteiger partial charge in [0.25, 0.3) is 0 Å². The number of carbonyl (C=O) groups excluding carboxylic acids is 1. The highest BCUT2D eigenvalue weighted by molar-refractivity contribution is 7.07. The Kier molecular flexibility index (Phi) is 5.96. The summed E-state index contributed by atoms with van der Waals surface area (Å²) in [4.78, 5) is 14.3. The van der Waals surface area contributed by atoms with Crippen LogP contribution in [0.25, 0.3) is 0 Å². The number of nitrogens with zero attached hydrogens (tertiary/aromatic N) is 1. The third kappa shape index (κ3) is 5.33. The molecule has 0 saturated carbocycles. The SMILES string of the molecule is CN(C)CC(NC(=O)CCc1ccsc1)c1ccccc1. The molecule has 1 aromatic heterocycles. The number of amides is 1. The highest BCUT2D eigenvalue weighted by Crippen LogP contribution is 2.14. The maximum atomic E-state index is 12.2. The first-order chi connectivity index (χ1) is 10.1. The van der Waals surface area contributed by atoms with Gasteiger partial charge in [0.2, 0.25) is 5.91 Å². The van der Waals surface area contributed by atoms with Gasteiger partial charge in [0, 0.05) is 13.0 Å². The van der Waals surface area contributed by atoms with Crippen LogP contribution in [-0.2, 0) is 11.2 Å². The number of aryl methyl sites for hydroxylation is 1. The maximum Gasteiger partial charge on any atom is 0.220 e. The second-order valence-corrected chi connectivity index (χ2v) is 6.20. The predicted molar refractivity (Wildman–Crippen MR) is 88.5 cm³/mol. The molecule has 1 unspecified atom stereocenters. The van der Waals surface area contributed by atoms with E-state index in [4.69, 9.17) is 0 Å². The lowest BCUT2D eigenvalue weighted by atomic mass is 10.1. The molecule has 1 heterocycles. The molecule has 0 radical (unpaired) electrons.